The number of hydrogen-bond donors (Lipinski definition) is 1. The van der Waals surface area contributed by atoms with Gasteiger partial charge in [0.15, 0.2) is 0 Å². The molecule has 1 saturated heterocycles. The van der Waals surface area contributed by atoms with E-state index in [0.717, 1.165) is 17.7 Å². The quantitative estimate of drug-likeness (QED) is 0.803. The summed E-state index contributed by atoms with van der Waals surface area (Å²) in [6.07, 6.45) is 0.815. The Balaban J connectivity index is 1.70. The maximum absolute atomic E-state index is 12.4. The number of nitrogens with two attached hydrogens (primary N) is 1. The minimum Gasteiger partial charge on any atom is -0.493 e. The van der Waals surface area contributed by atoms with Crippen LogP contribution in [0.15, 0.2) is 18.2 Å². The molecule has 0 atom stereocenters. The van der Waals surface area contributed by atoms with Crippen molar-refractivity contribution in [2.45, 2.75) is 6.42 Å². The van der Waals surface area contributed by atoms with Gasteiger partial charge in [0.25, 0.3) is 16.1 Å². The number of carbonyl (C=O) groups is 1. The topological polar surface area (TPSA) is 92.9 Å². The third kappa shape index (κ3) is 2.87. The Morgan fingerprint density at radius 3 is 2.57 bits per heavy atom. The summed E-state index contributed by atoms with van der Waals surface area (Å²) >= 11 is 0. The van der Waals surface area contributed by atoms with Crippen LogP contribution in [0.4, 0.5) is 0 Å². The molecule has 1 amide bonds. The lowest BCUT2D eigenvalue weighted by Gasteiger charge is -2.33. The van der Waals surface area contributed by atoms with E-state index in [0.29, 0.717) is 25.3 Å². The molecule has 0 radical (unpaired) electrons. The maximum atomic E-state index is 12.4. The van der Waals surface area contributed by atoms with Crippen molar-refractivity contribution in [3.63, 3.8) is 0 Å². The van der Waals surface area contributed by atoms with Gasteiger partial charge in [0.1, 0.15) is 5.75 Å². The number of rotatable bonds is 2. The molecule has 0 saturated carbocycles. The fourth-order valence-corrected chi connectivity index (χ4v) is 3.32. The van der Waals surface area contributed by atoms with Crippen LogP contribution < -0.4 is 9.88 Å². The van der Waals surface area contributed by atoms with Crippen LogP contribution in [-0.4, -0.2) is 56.3 Å². The molecule has 7 nitrogen and oxygen atoms in total. The van der Waals surface area contributed by atoms with Crippen LogP contribution in [0.25, 0.3) is 0 Å². The summed E-state index contributed by atoms with van der Waals surface area (Å²) in [6.45, 7) is 1.82. The maximum Gasteiger partial charge on any atom is 0.277 e. The lowest BCUT2D eigenvalue weighted by Crippen LogP contribution is -2.52. The number of benzene rings is 1. The van der Waals surface area contributed by atoms with Crippen molar-refractivity contribution in [2.75, 3.05) is 32.8 Å². The lowest BCUT2D eigenvalue weighted by atomic mass is 10.1. The van der Waals surface area contributed by atoms with Gasteiger partial charge in [-0.25, -0.2) is 5.14 Å². The highest BCUT2D eigenvalue weighted by Gasteiger charge is 2.27. The zero-order chi connectivity index (χ0) is 15.0. The van der Waals surface area contributed by atoms with Gasteiger partial charge in [-0.1, -0.05) is 0 Å². The Labute approximate surface area is 123 Å². The summed E-state index contributed by atoms with van der Waals surface area (Å²) in [5.41, 5.74) is 1.66. The van der Waals surface area contributed by atoms with Crippen LogP contribution >= 0.6 is 0 Å². The Bertz CT molecular complexity index is 666. The van der Waals surface area contributed by atoms with Gasteiger partial charge in [-0.2, -0.15) is 12.7 Å². The summed E-state index contributed by atoms with van der Waals surface area (Å²) in [5, 5.41) is 5.09. The Kier molecular flexibility index (Phi) is 3.60. The molecule has 0 spiro atoms. The van der Waals surface area contributed by atoms with Gasteiger partial charge in [-0.15, -0.1) is 0 Å². The van der Waals surface area contributed by atoms with E-state index in [9.17, 15) is 13.2 Å². The van der Waals surface area contributed by atoms with Crippen molar-refractivity contribution in [2.24, 2.45) is 5.14 Å². The zero-order valence-corrected chi connectivity index (χ0v) is 12.3. The first kappa shape index (κ1) is 14.3. The van der Waals surface area contributed by atoms with Crippen LogP contribution in [0.5, 0.6) is 5.75 Å². The fraction of sp³-hybridized carbons (Fsp3) is 0.462. The van der Waals surface area contributed by atoms with Crippen LogP contribution in [-0.2, 0) is 16.6 Å². The molecule has 0 unspecified atom stereocenters. The summed E-state index contributed by atoms with van der Waals surface area (Å²) in [4.78, 5) is 14.1. The molecule has 2 aliphatic rings. The van der Waals surface area contributed by atoms with E-state index in [4.69, 9.17) is 9.88 Å². The van der Waals surface area contributed by atoms with Crippen molar-refractivity contribution in [3.8, 4) is 5.75 Å². The van der Waals surface area contributed by atoms with Crippen LogP contribution in [0, 0.1) is 0 Å². The molecule has 1 fully saturated rings. The molecule has 8 heteroatoms. The number of hydrogen-bond acceptors (Lipinski definition) is 4. The van der Waals surface area contributed by atoms with Crippen molar-refractivity contribution >= 4 is 16.1 Å². The van der Waals surface area contributed by atoms with Crippen molar-refractivity contribution in [3.05, 3.63) is 29.3 Å². The second-order valence-electron chi connectivity index (χ2n) is 5.16. The van der Waals surface area contributed by atoms with E-state index in [1.807, 2.05) is 12.1 Å². The predicted molar refractivity (Wildman–Crippen MR) is 76.2 cm³/mol. The zero-order valence-electron chi connectivity index (χ0n) is 11.5. The highest BCUT2D eigenvalue weighted by atomic mass is 32.2. The first-order valence-electron chi connectivity index (χ1n) is 6.78. The molecule has 21 heavy (non-hydrogen) atoms. The van der Waals surface area contributed by atoms with Crippen molar-refractivity contribution < 1.29 is 17.9 Å². The van der Waals surface area contributed by atoms with E-state index in [1.165, 1.54) is 4.31 Å². The average Bonchev–Trinajstić information content (AvgIpc) is 2.93. The van der Waals surface area contributed by atoms with Crippen LogP contribution in [0.1, 0.15) is 15.9 Å². The van der Waals surface area contributed by atoms with Gasteiger partial charge in [-0.3, -0.25) is 4.79 Å². The number of amides is 1. The molecule has 2 N–H and O–H groups in total. The fourth-order valence-electron chi connectivity index (χ4n) is 2.65. The number of carbonyl (C=O) groups excluding carboxylic acids is 1. The lowest BCUT2D eigenvalue weighted by molar-refractivity contribution is 0.0698. The minimum absolute atomic E-state index is 0.0845. The SMILES string of the molecule is NS(=O)(=O)N1CCN(C(=O)c2ccc3c(c2)CCO3)CC1. The Hall–Kier alpha value is -1.64. The largest absolute Gasteiger partial charge is 0.493 e. The highest BCUT2D eigenvalue weighted by Crippen LogP contribution is 2.26. The first-order chi connectivity index (χ1) is 9.95. The molecule has 2 aliphatic heterocycles. The number of nitrogens with zero attached hydrogens (tertiary/aromatic N) is 2. The first-order valence-corrected chi connectivity index (χ1v) is 8.28. The van der Waals surface area contributed by atoms with Gasteiger partial charge in [0.2, 0.25) is 0 Å². The molecule has 1 aromatic rings. The van der Waals surface area contributed by atoms with Crippen LogP contribution in [0.3, 0.4) is 0 Å². The van der Waals surface area contributed by atoms with Gasteiger partial charge in [0.05, 0.1) is 6.61 Å². The molecule has 2 heterocycles. The van der Waals surface area contributed by atoms with E-state index in [2.05, 4.69) is 0 Å². The van der Waals surface area contributed by atoms with E-state index < -0.39 is 10.2 Å². The summed E-state index contributed by atoms with van der Waals surface area (Å²) in [6, 6.07) is 5.42. The number of piperazine rings is 1. The standard InChI is InChI=1S/C13H17N3O4S/c14-21(18,19)16-6-4-15(5-7-16)13(17)11-1-2-12-10(9-11)3-8-20-12/h1-2,9H,3-8H2,(H2,14,18,19). The predicted octanol–water partition coefficient (Wildman–Crippen LogP) is -0.417. The average molecular weight is 311 g/mol. The molecule has 3 rings (SSSR count). The molecule has 114 valence electrons. The summed E-state index contributed by atoms with van der Waals surface area (Å²) in [7, 11) is -3.67. The summed E-state index contributed by atoms with van der Waals surface area (Å²) in [5.74, 6) is 0.754. The van der Waals surface area contributed by atoms with Crippen molar-refractivity contribution in [1.29, 1.82) is 0 Å². The van der Waals surface area contributed by atoms with E-state index in [1.54, 1.807) is 11.0 Å². The van der Waals surface area contributed by atoms with Gasteiger partial charge in [-0.05, 0) is 23.8 Å². The van der Waals surface area contributed by atoms with Crippen molar-refractivity contribution in [1.82, 2.24) is 9.21 Å². The van der Waals surface area contributed by atoms with Crippen LogP contribution in [0.2, 0.25) is 0 Å². The molecule has 0 bridgehead atoms. The second kappa shape index (κ2) is 5.28. The molecule has 0 aliphatic carbocycles. The Morgan fingerprint density at radius 1 is 1.19 bits per heavy atom. The third-order valence-corrected chi connectivity index (χ3v) is 4.91. The van der Waals surface area contributed by atoms with Gasteiger partial charge >= 0.3 is 0 Å². The van der Waals surface area contributed by atoms with Gasteiger partial charge in [0, 0.05) is 38.2 Å². The smallest absolute Gasteiger partial charge is 0.277 e. The molecule has 0 aromatic heterocycles. The minimum atomic E-state index is -3.67. The van der Waals surface area contributed by atoms with E-state index in [-0.39, 0.29) is 19.0 Å². The van der Waals surface area contributed by atoms with Gasteiger partial charge < -0.3 is 9.64 Å². The molecule has 1 aromatic carbocycles. The normalized spacial score (nSPS) is 19.2. The second-order valence-corrected chi connectivity index (χ2v) is 6.70. The number of fused-ring (bicyclic) bond motifs is 1. The molecular formula is C13H17N3O4S. The summed E-state index contributed by atoms with van der Waals surface area (Å²) < 4.78 is 29.1. The number of ether oxygens (including phenoxy) is 1. The highest BCUT2D eigenvalue weighted by molar-refractivity contribution is 7.86. The Morgan fingerprint density at radius 2 is 1.90 bits per heavy atom. The monoisotopic (exact) mass is 311 g/mol. The van der Waals surface area contributed by atoms with E-state index >= 15 is 0 Å². The third-order valence-electron chi connectivity index (χ3n) is 3.82. The molecular weight excluding hydrogens is 294 g/mol.